The topological polar surface area (TPSA) is 55.6 Å². The van der Waals surface area contributed by atoms with Gasteiger partial charge in [-0.3, -0.25) is 4.79 Å². The Morgan fingerprint density at radius 3 is 2.21 bits per heavy atom. The van der Waals surface area contributed by atoms with Gasteiger partial charge in [-0.1, -0.05) is 48.6 Å². The molecule has 0 saturated heterocycles. The minimum absolute atomic E-state index is 0.327. The molecule has 4 heteroatoms. The molecule has 0 fully saturated rings. The number of methoxy groups -OCH3 is 1. The molecule has 1 atom stereocenters. The van der Waals surface area contributed by atoms with Gasteiger partial charge in [0.2, 0.25) is 5.91 Å². The van der Waals surface area contributed by atoms with Crippen LogP contribution in [0.5, 0.6) is 5.75 Å². The van der Waals surface area contributed by atoms with Crippen LogP contribution in [0.15, 0.2) is 60.7 Å². The van der Waals surface area contributed by atoms with E-state index in [4.69, 9.17) is 10.5 Å². The van der Waals surface area contributed by atoms with E-state index >= 15 is 0 Å². The predicted molar refractivity (Wildman–Crippen MR) is 97.8 cm³/mol. The largest absolute Gasteiger partial charge is 0.497 e. The lowest BCUT2D eigenvalue weighted by atomic mass is 10.1. The van der Waals surface area contributed by atoms with Crippen molar-refractivity contribution in [3.63, 3.8) is 0 Å². The SMILES string of the molecule is COc1ccc(/C=C/c2ccc(N3CC=CC3C(N)=O)cc2)cc1. The van der Waals surface area contributed by atoms with Crippen LogP contribution in [0, 0.1) is 0 Å². The summed E-state index contributed by atoms with van der Waals surface area (Å²) in [5.74, 6) is 0.520. The Balaban J connectivity index is 1.70. The number of rotatable bonds is 5. The van der Waals surface area contributed by atoms with E-state index in [2.05, 4.69) is 12.2 Å². The number of anilines is 1. The van der Waals surface area contributed by atoms with Gasteiger partial charge in [0.15, 0.2) is 0 Å². The molecule has 0 radical (unpaired) electrons. The molecule has 122 valence electrons. The molecule has 2 aromatic rings. The molecule has 0 aliphatic carbocycles. The van der Waals surface area contributed by atoms with E-state index in [1.165, 1.54) is 0 Å². The van der Waals surface area contributed by atoms with Crippen molar-refractivity contribution < 1.29 is 9.53 Å². The van der Waals surface area contributed by atoms with Crippen LogP contribution in [-0.2, 0) is 4.79 Å². The fraction of sp³-hybridized carbons (Fsp3) is 0.150. The van der Waals surface area contributed by atoms with Crippen LogP contribution in [0.4, 0.5) is 5.69 Å². The summed E-state index contributed by atoms with van der Waals surface area (Å²) in [5, 5.41) is 0. The number of carbonyl (C=O) groups is 1. The van der Waals surface area contributed by atoms with Gasteiger partial charge in [-0.15, -0.1) is 0 Å². The lowest BCUT2D eigenvalue weighted by Crippen LogP contribution is -2.40. The first-order chi connectivity index (χ1) is 11.7. The smallest absolute Gasteiger partial charge is 0.244 e. The van der Waals surface area contributed by atoms with Crippen molar-refractivity contribution in [3.05, 3.63) is 71.8 Å². The first-order valence-corrected chi connectivity index (χ1v) is 7.82. The van der Waals surface area contributed by atoms with E-state index in [0.717, 1.165) is 22.6 Å². The van der Waals surface area contributed by atoms with Gasteiger partial charge in [0.25, 0.3) is 0 Å². The van der Waals surface area contributed by atoms with Crippen molar-refractivity contribution in [2.45, 2.75) is 6.04 Å². The third-order valence-corrected chi connectivity index (χ3v) is 4.06. The Morgan fingerprint density at radius 2 is 1.67 bits per heavy atom. The fourth-order valence-corrected chi connectivity index (χ4v) is 2.72. The van der Waals surface area contributed by atoms with Gasteiger partial charge in [0, 0.05) is 12.2 Å². The maximum atomic E-state index is 11.5. The zero-order valence-electron chi connectivity index (χ0n) is 13.6. The van der Waals surface area contributed by atoms with Crippen molar-refractivity contribution in [2.24, 2.45) is 5.73 Å². The zero-order valence-corrected chi connectivity index (χ0v) is 13.6. The molecule has 1 unspecified atom stereocenters. The van der Waals surface area contributed by atoms with Gasteiger partial charge >= 0.3 is 0 Å². The van der Waals surface area contributed by atoms with Crippen molar-refractivity contribution in [1.82, 2.24) is 0 Å². The zero-order chi connectivity index (χ0) is 16.9. The second kappa shape index (κ2) is 7.04. The molecule has 2 N–H and O–H groups in total. The lowest BCUT2D eigenvalue weighted by Gasteiger charge is -2.24. The summed E-state index contributed by atoms with van der Waals surface area (Å²) in [5.41, 5.74) is 8.63. The molecule has 2 aromatic carbocycles. The number of hydrogen-bond donors (Lipinski definition) is 1. The summed E-state index contributed by atoms with van der Waals surface area (Å²) in [6.45, 7) is 0.703. The molecule has 0 spiro atoms. The van der Waals surface area contributed by atoms with Gasteiger partial charge in [0.1, 0.15) is 11.8 Å². The Labute approximate surface area is 141 Å². The number of nitrogens with two attached hydrogens (primary N) is 1. The summed E-state index contributed by atoms with van der Waals surface area (Å²) in [4.78, 5) is 13.5. The second-order valence-corrected chi connectivity index (χ2v) is 5.63. The van der Waals surface area contributed by atoms with Crippen LogP contribution >= 0.6 is 0 Å². The summed E-state index contributed by atoms with van der Waals surface area (Å²) in [6, 6.07) is 15.6. The van der Waals surface area contributed by atoms with E-state index in [1.54, 1.807) is 7.11 Å². The number of nitrogens with zero attached hydrogens (tertiary/aromatic N) is 1. The third kappa shape index (κ3) is 3.49. The molecule has 0 bridgehead atoms. The maximum Gasteiger partial charge on any atom is 0.244 e. The third-order valence-electron chi connectivity index (χ3n) is 4.06. The molecular formula is C20H20N2O2. The first kappa shape index (κ1) is 15.9. The highest BCUT2D eigenvalue weighted by atomic mass is 16.5. The first-order valence-electron chi connectivity index (χ1n) is 7.82. The van der Waals surface area contributed by atoms with Gasteiger partial charge in [-0.05, 0) is 35.4 Å². The van der Waals surface area contributed by atoms with Crippen LogP contribution in [0.25, 0.3) is 12.2 Å². The van der Waals surface area contributed by atoms with Crippen molar-refractivity contribution in [3.8, 4) is 5.75 Å². The number of ether oxygens (including phenoxy) is 1. The van der Waals surface area contributed by atoms with E-state index in [-0.39, 0.29) is 11.9 Å². The molecule has 3 rings (SSSR count). The number of amides is 1. The normalized spacial score (nSPS) is 16.7. The van der Waals surface area contributed by atoms with E-state index in [9.17, 15) is 4.79 Å². The van der Waals surface area contributed by atoms with Crippen LogP contribution in [0.1, 0.15) is 11.1 Å². The van der Waals surface area contributed by atoms with Crippen molar-refractivity contribution >= 4 is 23.7 Å². The number of benzene rings is 2. The van der Waals surface area contributed by atoms with E-state index < -0.39 is 0 Å². The Hall–Kier alpha value is -3.01. The highest BCUT2D eigenvalue weighted by molar-refractivity contribution is 5.87. The van der Waals surface area contributed by atoms with E-state index in [0.29, 0.717) is 6.54 Å². The molecule has 1 amide bonds. The van der Waals surface area contributed by atoms with Gasteiger partial charge in [0.05, 0.1) is 7.11 Å². The molecule has 1 aliphatic rings. The molecule has 0 saturated carbocycles. The maximum absolute atomic E-state index is 11.5. The van der Waals surface area contributed by atoms with Crippen molar-refractivity contribution in [1.29, 1.82) is 0 Å². The minimum Gasteiger partial charge on any atom is -0.497 e. The Morgan fingerprint density at radius 1 is 1.08 bits per heavy atom. The number of primary amides is 1. The predicted octanol–water partition coefficient (Wildman–Crippen LogP) is 3.10. The highest BCUT2D eigenvalue weighted by Gasteiger charge is 2.24. The summed E-state index contributed by atoms with van der Waals surface area (Å²) >= 11 is 0. The van der Waals surface area contributed by atoms with Gasteiger partial charge in [-0.25, -0.2) is 0 Å². The average molecular weight is 320 g/mol. The van der Waals surface area contributed by atoms with Gasteiger partial charge < -0.3 is 15.4 Å². The molecule has 1 heterocycles. The van der Waals surface area contributed by atoms with Crippen molar-refractivity contribution in [2.75, 3.05) is 18.6 Å². The highest BCUT2D eigenvalue weighted by Crippen LogP contribution is 2.22. The Kier molecular flexibility index (Phi) is 4.66. The molecule has 0 aromatic heterocycles. The summed E-state index contributed by atoms with van der Waals surface area (Å²) in [6.07, 6.45) is 7.92. The average Bonchev–Trinajstić information content (AvgIpc) is 3.11. The minimum atomic E-state index is -0.356. The lowest BCUT2D eigenvalue weighted by molar-refractivity contribution is -0.118. The summed E-state index contributed by atoms with van der Waals surface area (Å²) < 4.78 is 5.15. The quantitative estimate of drug-likeness (QED) is 0.680. The standard InChI is InChI=1S/C20H20N2O2/c1-24-18-12-8-16(9-13-18)5-4-15-6-10-17(11-7-15)22-14-2-3-19(22)20(21)23/h2-13,19H,14H2,1H3,(H2,21,23)/b5-4+. The number of carbonyl (C=O) groups excluding carboxylic acids is 1. The van der Waals surface area contributed by atoms with Crippen LogP contribution in [-0.4, -0.2) is 25.6 Å². The fourth-order valence-electron chi connectivity index (χ4n) is 2.72. The number of hydrogen-bond acceptors (Lipinski definition) is 3. The van der Waals surface area contributed by atoms with Gasteiger partial charge in [-0.2, -0.15) is 0 Å². The molecule has 1 aliphatic heterocycles. The second-order valence-electron chi connectivity index (χ2n) is 5.63. The monoisotopic (exact) mass is 320 g/mol. The van der Waals surface area contributed by atoms with E-state index in [1.807, 2.05) is 65.6 Å². The summed E-state index contributed by atoms with van der Waals surface area (Å²) in [7, 11) is 1.66. The van der Waals surface area contributed by atoms with Crippen LogP contribution in [0.3, 0.4) is 0 Å². The molecule has 4 nitrogen and oxygen atoms in total. The van der Waals surface area contributed by atoms with Crippen LogP contribution in [0.2, 0.25) is 0 Å². The van der Waals surface area contributed by atoms with Crippen LogP contribution < -0.4 is 15.4 Å². The Bertz CT molecular complexity index is 761. The molecular weight excluding hydrogens is 300 g/mol. The molecule has 24 heavy (non-hydrogen) atoms.